The van der Waals surface area contributed by atoms with Crippen molar-refractivity contribution in [1.29, 1.82) is 0 Å². The van der Waals surface area contributed by atoms with Crippen LogP contribution in [-0.2, 0) is 14.1 Å². The number of ether oxygens (including phenoxy) is 1. The summed E-state index contributed by atoms with van der Waals surface area (Å²) in [5.41, 5.74) is 4.26. The molecule has 0 aromatic carbocycles. The number of aliphatic hydroxyl groups is 1. The average Bonchev–Trinajstić information content (AvgIpc) is 2.99. The predicted octanol–water partition coefficient (Wildman–Crippen LogP) is 4.40. The van der Waals surface area contributed by atoms with E-state index in [0.717, 1.165) is 29.6 Å². The summed E-state index contributed by atoms with van der Waals surface area (Å²) in [7, 11) is -3.82. The van der Waals surface area contributed by atoms with E-state index in [0.29, 0.717) is 25.3 Å². The van der Waals surface area contributed by atoms with Gasteiger partial charge in [0.25, 0.3) is 0 Å². The first kappa shape index (κ1) is 28.3. The van der Waals surface area contributed by atoms with Crippen LogP contribution in [0.15, 0.2) is 46.3 Å². The fourth-order valence-corrected chi connectivity index (χ4v) is 3.48. The van der Waals surface area contributed by atoms with Crippen LogP contribution in [0.2, 0.25) is 0 Å². The van der Waals surface area contributed by atoms with Crippen LogP contribution in [-0.4, -0.2) is 46.7 Å². The first-order valence-electron chi connectivity index (χ1n) is 10.2. The van der Waals surface area contributed by atoms with Gasteiger partial charge in [-0.05, 0) is 44.8 Å². The molecule has 172 valence electrons. The first-order valence-corrected chi connectivity index (χ1v) is 12.0. The molecule has 1 heterocycles. The summed E-state index contributed by atoms with van der Waals surface area (Å²) in [6, 6.07) is 0. The lowest BCUT2D eigenvalue weighted by atomic mass is 9.94. The Morgan fingerprint density at radius 3 is 2.27 bits per heavy atom. The molecule has 0 saturated carbocycles. The van der Waals surface area contributed by atoms with Gasteiger partial charge in [-0.3, -0.25) is 4.57 Å². The third-order valence-electron chi connectivity index (χ3n) is 4.90. The summed E-state index contributed by atoms with van der Waals surface area (Å²) in [4.78, 5) is 28.6. The second-order valence-corrected chi connectivity index (χ2v) is 9.14. The summed E-state index contributed by atoms with van der Waals surface area (Å²) in [5.74, 6) is -0.410. The molecule has 1 aliphatic rings. The molecule has 0 aliphatic carbocycles. The Bertz CT molecular complexity index is 745. The summed E-state index contributed by atoms with van der Waals surface area (Å²) in [5, 5.41) is 13.2. The number of hydrogen-bond donors (Lipinski definition) is 4. The topological polar surface area (TPSA) is 116 Å². The summed E-state index contributed by atoms with van der Waals surface area (Å²) in [6.07, 6.45) is 3.68. The fraction of sp³-hybridized carbons (Fsp3) is 0.591. The molecule has 1 aliphatic heterocycles. The Morgan fingerprint density at radius 2 is 1.90 bits per heavy atom. The molecule has 0 amide bonds. The Labute approximate surface area is 180 Å². The molecule has 1 unspecified atom stereocenters. The Kier molecular flexibility index (Phi) is 12.9. The smallest absolute Gasteiger partial charge is 0.338 e. The Hall–Kier alpha value is -1.66. The van der Waals surface area contributed by atoms with Gasteiger partial charge in [-0.2, -0.15) is 0 Å². The zero-order valence-electron chi connectivity index (χ0n) is 19.1. The zero-order valence-corrected chi connectivity index (χ0v) is 20.0. The highest BCUT2D eigenvalue weighted by Gasteiger charge is 2.31. The number of nitrogens with one attached hydrogen (secondary N) is 1. The highest BCUT2D eigenvalue weighted by atomic mass is 31.2. The van der Waals surface area contributed by atoms with E-state index in [2.05, 4.69) is 18.8 Å². The maximum Gasteiger partial charge on any atom is 0.338 e. The minimum absolute atomic E-state index is 0.0549. The van der Waals surface area contributed by atoms with Crippen LogP contribution >= 0.6 is 7.60 Å². The van der Waals surface area contributed by atoms with Gasteiger partial charge in [-0.1, -0.05) is 44.6 Å². The van der Waals surface area contributed by atoms with Gasteiger partial charge in [0.1, 0.15) is 5.76 Å². The second-order valence-electron chi connectivity index (χ2n) is 7.36. The molecule has 0 bridgehead atoms. The van der Waals surface area contributed by atoms with Gasteiger partial charge >= 0.3 is 13.6 Å². The lowest BCUT2D eigenvalue weighted by Gasteiger charge is -2.12. The minimum atomic E-state index is -3.82. The fourth-order valence-electron chi connectivity index (χ4n) is 3.03. The number of esters is 1. The lowest BCUT2D eigenvalue weighted by molar-refractivity contribution is -0.135. The molecule has 4 N–H and O–H groups in total. The van der Waals surface area contributed by atoms with Gasteiger partial charge in [0, 0.05) is 19.0 Å². The number of cyclic esters (lactones) is 1. The molecule has 0 aromatic rings. The third kappa shape index (κ3) is 9.90. The molecule has 1 fully saturated rings. The van der Waals surface area contributed by atoms with Gasteiger partial charge in [-0.25, -0.2) is 4.79 Å². The summed E-state index contributed by atoms with van der Waals surface area (Å²) in [6.45, 7) is 16.9. The predicted molar refractivity (Wildman–Crippen MR) is 121 cm³/mol. The number of hydrogen-bond acceptors (Lipinski definition) is 5. The maximum absolute atomic E-state index is 11.5. The first-order chi connectivity index (χ1) is 13.9. The molecule has 7 nitrogen and oxygen atoms in total. The molecule has 0 aromatic heterocycles. The molecule has 8 heteroatoms. The SMILES string of the molecule is C/C=C(\CC)CNCCP(=O)(O)O.C=C(C)/C(CC)=C(C)\C(O)=C1\C(=O)OCC1C. The van der Waals surface area contributed by atoms with Crippen molar-refractivity contribution < 1.29 is 29.0 Å². The van der Waals surface area contributed by atoms with Crippen LogP contribution in [0.5, 0.6) is 0 Å². The highest BCUT2D eigenvalue weighted by molar-refractivity contribution is 7.51. The molecular weight excluding hydrogens is 405 g/mol. The van der Waals surface area contributed by atoms with Crippen molar-refractivity contribution in [2.24, 2.45) is 5.92 Å². The Balaban J connectivity index is 0.000000584. The Morgan fingerprint density at radius 1 is 1.30 bits per heavy atom. The van der Waals surface area contributed by atoms with E-state index in [1.165, 1.54) is 5.57 Å². The van der Waals surface area contributed by atoms with Crippen LogP contribution in [0.4, 0.5) is 0 Å². The van der Waals surface area contributed by atoms with Crippen molar-refractivity contribution in [1.82, 2.24) is 5.32 Å². The van der Waals surface area contributed by atoms with Gasteiger partial charge in [0.05, 0.1) is 18.3 Å². The van der Waals surface area contributed by atoms with Gasteiger partial charge in [0.2, 0.25) is 0 Å². The third-order valence-corrected chi connectivity index (χ3v) is 5.71. The van der Waals surface area contributed by atoms with Crippen LogP contribution in [0.1, 0.15) is 54.4 Å². The van der Waals surface area contributed by atoms with Crippen molar-refractivity contribution >= 4 is 13.6 Å². The number of aliphatic hydroxyl groups excluding tert-OH is 1. The molecule has 0 radical (unpaired) electrons. The molecule has 1 saturated heterocycles. The van der Waals surface area contributed by atoms with E-state index < -0.39 is 13.6 Å². The van der Waals surface area contributed by atoms with Crippen LogP contribution in [0.25, 0.3) is 0 Å². The number of allylic oxidation sites excluding steroid dienone is 4. The molecular formula is C22H38NO6P. The minimum Gasteiger partial charge on any atom is -0.507 e. The van der Waals surface area contributed by atoms with E-state index in [-0.39, 0.29) is 17.8 Å². The number of carbonyl (C=O) groups excluding carboxylic acids is 1. The maximum atomic E-state index is 11.5. The van der Waals surface area contributed by atoms with Crippen molar-refractivity contribution in [2.75, 3.05) is 25.9 Å². The standard InChI is InChI=1S/C14H20O3.C8H18NO3P/c1-6-11(8(2)3)10(5)13(15)12-9(4)7-17-14(12)16;1-3-8(4-2)7-9-5-6-13(10,11)12/h9,15H,2,6-7H2,1,3-5H3;3,9H,4-7H2,1-2H3,(H2,10,11,12)/b11-10-,13-12-;8-3+. The molecule has 30 heavy (non-hydrogen) atoms. The number of carbonyl (C=O) groups is 1. The van der Waals surface area contributed by atoms with Gasteiger partial charge < -0.3 is 24.9 Å². The van der Waals surface area contributed by atoms with Crippen molar-refractivity contribution in [3.63, 3.8) is 0 Å². The monoisotopic (exact) mass is 443 g/mol. The van der Waals surface area contributed by atoms with E-state index >= 15 is 0 Å². The molecule has 1 atom stereocenters. The van der Waals surface area contributed by atoms with Crippen LogP contribution in [0.3, 0.4) is 0 Å². The number of rotatable bonds is 9. The largest absolute Gasteiger partial charge is 0.507 e. The highest BCUT2D eigenvalue weighted by Crippen LogP contribution is 2.33. The van der Waals surface area contributed by atoms with E-state index in [1.54, 1.807) is 0 Å². The van der Waals surface area contributed by atoms with Crippen LogP contribution in [0, 0.1) is 5.92 Å². The van der Waals surface area contributed by atoms with Gasteiger partial charge in [0.15, 0.2) is 0 Å². The van der Waals surface area contributed by atoms with E-state index in [9.17, 15) is 14.5 Å². The van der Waals surface area contributed by atoms with E-state index in [1.807, 2.05) is 40.7 Å². The molecule has 1 rings (SSSR count). The van der Waals surface area contributed by atoms with Crippen molar-refractivity contribution in [3.8, 4) is 0 Å². The normalized spacial score (nSPS) is 19.5. The van der Waals surface area contributed by atoms with Gasteiger partial charge in [-0.15, -0.1) is 0 Å². The average molecular weight is 444 g/mol. The van der Waals surface area contributed by atoms with Crippen molar-refractivity contribution in [3.05, 3.63) is 46.3 Å². The zero-order chi connectivity index (χ0) is 23.5. The van der Waals surface area contributed by atoms with E-state index in [4.69, 9.17) is 14.5 Å². The molecule has 0 spiro atoms. The lowest BCUT2D eigenvalue weighted by Crippen LogP contribution is -2.20. The van der Waals surface area contributed by atoms with Crippen molar-refractivity contribution in [2.45, 2.75) is 54.4 Å². The quantitative estimate of drug-likeness (QED) is 0.0794. The summed E-state index contributed by atoms with van der Waals surface area (Å²) >= 11 is 0. The second kappa shape index (κ2) is 13.6. The van der Waals surface area contributed by atoms with Crippen LogP contribution < -0.4 is 5.32 Å². The summed E-state index contributed by atoms with van der Waals surface area (Å²) < 4.78 is 15.4.